The van der Waals surface area contributed by atoms with Crippen LogP contribution in [-0.4, -0.2) is 59.7 Å². The third kappa shape index (κ3) is 3.77. The van der Waals surface area contributed by atoms with E-state index in [1.54, 1.807) is 18.2 Å². The zero-order valence-electron chi connectivity index (χ0n) is 16.2. The molecule has 8 nitrogen and oxygen atoms in total. The number of benzene rings is 1. The van der Waals surface area contributed by atoms with E-state index in [0.717, 1.165) is 32.6 Å². The number of fused-ring (bicyclic) bond motifs is 1. The molecule has 1 amide bonds. The number of likely N-dealkylation sites (tertiary alicyclic amines) is 1. The molecule has 2 aromatic rings. The predicted molar refractivity (Wildman–Crippen MR) is 101 cm³/mol. The monoisotopic (exact) mass is 387 g/mol. The largest absolute Gasteiger partial charge is 0.484 e. The number of oxazole rings is 1. The minimum atomic E-state index is -0.0901. The summed E-state index contributed by atoms with van der Waals surface area (Å²) >= 11 is 0. The summed E-state index contributed by atoms with van der Waals surface area (Å²) in [6.07, 6.45) is 2.40. The van der Waals surface area contributed by atoms with Gasteiger partial charge in [-0.1, -0.05) is 13.8 Å². The number of likely N-dealkylation sites (N-methyl/N-ethyl adjacent to an activating group) is 1. The fraction of sp³-hybridized carbons (Fsp3) is 0.500. The molecule has 150 valence electrons. The molecule has 0 N–H and O–H groups in total. The van der Waals surface area contributed by atoms with Gasteiger partial charge in [-0.2, -0.15) is 0 Å². The second-order valence-electron chi connectivity index (χ2n) is 6.85. The molecule has 1 fully saturated rings. The van der Waals surface area contributed by atoms with Crippen molar-refractivity contribution in [1.29, 1.82) is 0 Å². The van der Waals surface area contributed by atoms with Gasteiger partial charge in [-0.3, -0.25) is 9.69 Å². The highest BCUT2D eigenvalue weighted by Gasteiger charge is 2.31. The van der Waals surface area contributed by atoms with Crippen LogP contribution in [0.2, 0.25) is 0 Å². The molecular formula is C20H25N3O5. The Labute approximate surface area is 164 Å². The average molecular weight is 387 g/mol. The van der Waals surface area contributed by atoms with Crippen molar-refractivity contribution in [3.63, 3.8) is 0 Å². The summed E-state index contributed by atoms with van der Waals surface area (Å²) < 4.78 is 21.7. The normalized spacial score (nSPS) is 18.1. The molecular weight excluding hydrogens is 362 g/mol. The van der Waals surface area contributed by atoms with E-state index < -0.39 is 0 Å². The predicted octanol–water partition coefficient (Wildman–Crippen LogP) is 2.54. The first kappa shape index (κ1) is 18.6. The van der Waals surface area contributed by atoms with Crippen LogP contribution in [0.5, 0.6) is 17.2 Å². The average Bonchev–Trinajstić information content (AvgIpc) is 3.46. The van der Waals surface area contributed by atoms with E-state index in [0.29, 0.717) is 34.9 Å². The van der Waals surface area contributed by atoms with E-state index in [1.807, 2.05) is 4.90 Å². The Morgan fingerprint density at radius 3 is 2.93 bits per heavy atom. The van der Waals surface area contributed by atoms with Gasteiger partial charge in [-0.25, -0.2) is 4.98 Å². The number of nitrogens with zero attached hydrogens (tertiary/aromatic N) is 3. The molecule has 8 heteroatoms. The fourth-order valence-electron chi connectivity index (χ4n) is 3.71. The summed E-state index contributed by atoms with van der Waals surface area (Å²) in [7, 11) is 0. The lowest BCUT2D eigenvalue weighted by molar-refractivity contribution is 0.0772. The van der Waals surface area contributed by atoms with E-state index in [-0.39, 0.29) is 19.3 Å². The summed E-state index contributed by atoms with van der Waals surface area (Å²) in [5, 5.41) is 0. The molecule has 1 aromatic carbocycles. The smallest absolute Gasteiger partial charge is 0.275 e. The minimum absolute atomic E-state index is 0.0901. The molecule has 2 aliphatic heterocycles. The summed E-state index contributed by atoms with van der Waals surface area (Å²) in [6.45, 7) is 8.12. The van der Waals surface area contributed by atoms with E-state index in [9.17, 15) is 4.79 Å². The first-order chi connectivity index (χ1) is 13.7. The lowest BCUT2D eigenvalue weighted by Gasteiger charge is -2.25. The number of rotatable bonds is 7. The molecule has 4 rings (SSSR count). The fourth-order valence-corrected chi connectivity index (χ4v) is 3.71. The van der Waals surface area contributed by atoms with Crippen LogP contribution < -0.4 is 14.2 Å². The Morgan fingerprint density at radius 1 is 1.29 bits per heavy atom. The van der Waals surface area contributed by atoms with E-state index in [4.69, 9.17) is 18.6 Å². The summed E-state index contributed by atoms with van der Waals surface area (Å²) in [4.78, 5) is 21.3. The SMILES string of the molecule is CCN(CC)[C@H]1CCN(C(=O)c2coc(COc3ccc4c(c3)OCO4)n2)C1. The van der Waals surface area contributed by atoms with Crippen molar-refractivity contribution in [3.05, 3.63) is 36.0 Å². The van der Waals surface area contributed by atoms with Gasteiger partial charge in [0.05, 0.1) is 0 Å². The Balaban J connectivity index is 1.33. The van der Waals surface area contributed by atoms with Crippen molar-refractivity contribution in [2.24, 2.45) is 0 Å². The van der Waals surface area contributed by atoms with E-state index >= 15 is 0 Å². The van der Waals surface area contributed by atoms with Gasteiger partial charge in [0, 0.05) is 25.2 Å². The third-order valence-corrected chi connectivity index (χ3v) is 5.26. The Kier molecular flexibility index (Phi) is 5.38. The van der Waals surface area contributed by atoms with Gasteiger partial charge in [0.2, 0.25) is 12.7 Å². The molecule has 1 aromatic heterocycles. The maximum Gasteiger partial charge on any atom is 0.275 e. The second kappa shape index (κ2) is 8.10. The molecule has 2 aliphatic rings. The van der Waals surface area contributed by atoms with Crippen molar-refractivity contribution in [1.82, 2.24) is 14.8 Å². The number of hydrogen-bond acceptors (Lipinski definition) is 7. The van der Waals surface area contributed by atoms with Crippen molar-refractivity contribution in [3.8, 4) is 17.2 Å². The Hall–Kier alpha value is -2.74. The van der Waals surface area contributed by atoms with Crippen molar-refractivity contribution in [2.45, 2.75) is 32.9 Å². The maximum absolute atomic E-state index is 12.7. The topological polar surface area (TPSA) is 77.3 Å². The number of hydrogen-bond donors (Lipinski definition) is 0. The van der Waals surface area contributed by atoms with Gasteiger partial charge in [0.25, 0.3) is 5.91 Å². The Bertz CT molecular complexity index is 833. The molecule has 1 saturated heterocycles. The third-order valence-electron chi connectivity index (χ3n) is 5.26. The zero-order chi connectivity index (χ0) is 19.5. The molecule has 0 radical (unpaired) electrons. The zero-order valence-corrected chi connectivity index (χ0v) is 16.2. The highest BCUT2D eigenvalue weighted by Crippen LogP contribution is 2.35. The number of carbonyl (C=O) groups is 1. The van der Waals surface area contributed by atoms with Gasteiger partial charge in [0.15, 0.2) is 23.8 Å². The summed E-state index contributed by atoms with van der Waals surface area (Å²) in [5.74, 6) is 2.24. The molecule has 0 aliphatic carbocycles. The Morgan fingerprint density at radius 2 is 2.11 bits per heavy atom. The van der Waals surface area contributed by atoms with E-state index in [2.05, 4.69) is 23.7 Å². The van der Waals surface area contributed by atoms with Crippen LogP contribution in [0.4, 0.5) is 0 Å². The molecule has 0 bridgehead atoms. The first-order valence-electron chi connectivity index (χ1n) is 9.68. The standard InChI is InChI=1S/C20H25N3O5/c1-3-22(4-2)14-7-8-23(10-14)20(24)16-11-26-19(21-16)12-25-15-5-6-17-18(9-15)28-13-27-17/h5-6,9,11,14H,3-4,7-8,10,12-13H2,1-2H3/t14-/m0/s1. The highest BCUT2D eigenvalue weighted by atomic mass is 16.7. The van der Waals surface area contributed by atoms with Crippen molar-refractivity contribution >= 4 is 5.91 Å². The minimum Gasteiger partial charge on any atom is -0.484 e. The van der Waals surface area contributed by atoms with Crippen LogP contribution in [0.3, 0.4) is 0 Å². The van der Waals surface area contributed by atoms with Gasteiger partial charge in [-0.15, -0.1) is 0 Å². The molecule has 0 unspecified atom stereocenters. The summed E-state index contributed by atoms with van der Waals surface area (Å²) in [5.41, 5.74) is 0.324. The maximum atomic E-state index is 12.7. The number of ether oxygens (including phenoxy) is 3. The van der Waals surface area contributed by atoms with Gasteiger partial charge < -0.3 is 23.5 Å². The van der Waals surface area contributed by atoms with Crippen LogP contribution >= 0.6 is 0 Å². The summed E-state index contributed by atoms with van der Waals surface area (Å²) in [6, 6.07) is 5.76. The number of carbonyl (C=O) groups excluding carboxylic acids is 1. The number of aromatic nitrogens is 1. The van der Waals surface area contributed by atoms with Crippen LogP contribution in [-0.2, 0) is 6.61 Å². The van der Waals surface area contributed by atoms with Gasteiger partial charge >= 0.3 is 0 Å². The molecule has 3 heterocycles. The lowest BCUT2D eigenvalue weighted by atomic mass is 10.2. The van der Waals surface area contributed by atoms with Crippen LogP contribution in [0.1, 0.15) is 36.6 Å². The molecule has 0 saturated carbocycles. The second-order valence-corrected chi connectivity index (χ2v) is 6.85. The lowest BCUT2D eigenvalue weighted by Crippen LogP contribution is -2.38. The molecule has 28 heavy (non-hydrogen) atoms. The quantitative estimate of drug-likeness (QED) is 0.722. The van der Waals surface area contributed by atoms with Crippen LogP contribution in [0, 0.1) is 0 Å². The van der Waals surface area contributed by atoms with E-state index in [1.165, 1.54) is 6.26 Å². The van der Waals surface area contributed by atoms with Crippen molar-refractivity contribution in [2.75, 3.05) is 33.0 Å². The molecule has 0 spiro atoms. The van der Waals surface area contributed by atoms with Crippen molar-refractivity contribution < 1.29 is 23.4 Å². The van der Waals surface area contributed by atoms with Gasteiger partial charge in [-0.05, 0) is 31.6 Å². The van der Waals surface area contributed by atoms with Crippen LogP contribution in [0.15, 0.2) is 28.9 Å². The first-order valence-corrected chi connectivity index (χ1v) is 9.68. The number of amides is 1. The highest BCUT2D eigenvalue weighted by molar-refractivity contribution is 5.92. The van der Waals surface area contributed by atoms with Gasteiger partial charge in [0.1, 0.15) is 12.0 Å². The van der Waals surface area contributed by atoms with Crippen LogP contribution in [0.25, 0.3) is 0 Å². The molecule has 1 atom stereocenters.